The maximum Gasteiger partial charge on any atom is 0.422 e. The van der Waals surface area contributed by atoms with Crippen LogP contribution >= 0.6 is 0 Å². The Balaban J connectivity index is 1.67. The molecule has 37 heavy (non-hydrogen) atoms. The number of hydrogen-bond acceptors (Lipinski definition) is 8. The number of methoxy groups -OCH3 is 1. The lowest BCUT2D eigenvalue weighted by molar-refractivity contribution is -0.714. The van der Waals surface area contributed by atoms with Crippen LogP contribution in [0.4, 0.5) is 24.8 Å². The molecule has 200 valence electrons. The van der Waals surface area contributed by atoms with Crippen molar-refractivity contribution in [2.45, 2.75) is 38.9 Å². The van der Waals surface area contributed by atoms with Gasteiger partial charge in [0, 0.05) is 36.3 Å². The molecule has 3 aromatic rings. The molecule has 0 aliphatic carbocycles. The van der Waals surface area contributed by atoms with E-state index in [1.165, 1.54) is 16.8 Å². The Hall–Kier alpha value is -3.61. The Labute approximate surface area is 211 Å². The molecule has 3 heterocycles. The molecule has 1 aliphatic heterocycles. The SMILES string of the molecule is COc1c(N2CCOCC2)cc(C(=O)C[n+]2nc(N)n3nc(OCC(F)(F)F)ccc32)cc1C(C)(C)C. The van der Waals surface area contributed by atoms with E-state index >= 15 is 0 Å². The van der Waals surface area contributed by atoms with E-state index in [2.05, 4.69) is 19.8 Å². The van der Waals surface area contributed by atoms with E-state index in [1.54, 1.807) is 7.11 Å². The molecule has 10 nitrogen and oxygen atoms in total. The Kier molecular flexibility index (Phi) is 7.18. The predicted molar refractivity (Wildman–Crippen MR) is 128 cm³/mol. The number of morpholine rings is 1. The summed E-state index contributed by atoms with van der Waals surface area (Å²) in [6.45, 7) is 6.96. The fraction of sp³-hybridized carbons (Fsp3) is 0.500. The zero-order valence-electron chi connectivity index (χ0n) is 21.1. The van der Waals surface area contributed by atoms with E-state index in [9.17, 15) is 18.0 Å². The molecular formula is C24H30F3N6O4+. The lowest BCUT2D eigenvalue weighted by atomic mass is 9.84. The van der Waals surface area contributed by atoms with Crippen molar-refractivity contribution in [3.63, 3.8) is 0 Å². The predicted octanol–water partition coefficient (Wildman–Crippen LogP) is 2.57. The maximum absolute atomic E-state index is 13.5. The topological polar surface area (TPSA) is 108 Å². The number of benzene rings is 1. The van der Waals surface area contributed by atoms with E-state index in [-0.39, 0.29) is 29.6 Å². The number of hydrogen-bond donors (Lipinski definition) is 1. The highest BCUT2D eigenvalue weighted by Gasteiger charge is 2.31. The summed E-state index contributed by atoms with van der Waals surface area (Å²) < 4.78 is 55.9. The van der Waals surface area contributed by atoms with Gasteiger partial charge in [0.15, 0.2) is 13.2 Å². The van der Waals surface area contributed by atoms with Crippen molar-refractivity contribution in [2.75, 3.05) is 50.7 Å². The number of carbonyl (C=O) groups is 1. The Morgan fingerprint density at radius 1 is 1.19 bits per heavy atom. The normalized spacial score (nSPS) is 14.7. The number of nitrogens with two attached hydrogens (primary N) is 1. The fourth-order valence-electron chi connectivity index (χ4n) is 4.14. The molecule has 1 fully saturated rings. The van der Waals surface area contributed by atoms with Gasteiger partial charge in [-0.2, -0.15) is 13.2 Å². The zero-order valence-corrected chi connectivity index (χ0v) is 21.1. The molecule has 0 atom stereocenters. The number of ether oxygens (including phenoxy) is 3. The highest BCUT2D eigenvalue weighted by atomic mass is 19.4. The number of Topliss-reactive ketones (excluding diaryl/α,β-unsaturated/α-hetero) is 1. The molecule has 4 rings (SSSR count). The third-order valence-electron chi connectivity index (χ3n) is 5.93. The second-order valence-corrected chi connectivity index (χ2v) is 9.71. The van der Waals surface area contributed by atoms with Crippen LogP contribution in [-0.4, -0.2) is 66.7 Å². The van der Waals surface area contributed by atoms with Gasteiger partial charge in [-0.15, -0.1) is 4.68 Å². The quantitative estimate of drug-likeness (QED) is 0.372. The number of carbonyl (C=O) groups excluding carboxylic acids is 1. The van der Waals surface area contributed by atoms with Gasteiger partial charge in [-0.3, -0.25) is 4.79 Å². The molecule has 2 N–H and O–H groups in total. The lowest BCUT2D eigenvalue weighted by Crippen LogP contribution is -2.41. The molecule has 0 radical (unpaired) electrons. The number of rotatable bonds is 7. The number of nitrogen functional groups attached to an aromatic ring is 1. The van der Waals surface area contributed by atoms with Crippen LogP contribution in [0.3, 0.4) is 0 Å². The summed E-state index contributed by atoms with van der Waals surface area (Å²) in [6.07, 6.45) is -4.51. The first-order valence-electron chi connectivity index (χ1n) is 11.7. The highest BCUT2D eigenvalue weighted by molar-refractivity contribution is 5.97. The molecule has 0 unspecified atom stereocenters. The van der Waals surface area contributed by atoms with Crippen LogP contribution in [0.2, 0.25) is 0 Å². The van der Waals surface area contributed by atoms with Crippen molar-refractivity contribution in [1.29, 1.82) is 0 Å². The molecule has 1 aromatic carbocycles. The number of nitrogens with zero attached hydrogens (tertiary/aromatic N) is 5. The smallest absolute Gasteiger partial charge is 0.422 e. The summed E-state index contributed by atoms with van der Waals surface area (Å²) in [7, 11) is 1.62. The lowest BCUT2D eigenvalue weighted by Gasteiger charge is -2.33. The third-order valence-corrected chi connectivity index (χ3v) is 5.93. The van der Waals surface area contributed by atoms with Gasteiger partial charge in [0.1, 0.15) is 5.75 Å². The van der Waals surface area contributed by atoms with Gasteiger partial charge in [-0.1, -0.05) is 25.3 Å². The second-order valence-electron chi connectivity index (χ2n) is 9.71. The first-order chi connectivity index (χ1) is 17.4. The van der Waals surface area contributed by atoms with Crippen molar-refractivity contribution >= 4 is 23.1 Å². The molecular weight excluding hydrogens is 493 g/mol. The van der Waals surface area contributed by atoms with Crippen LogP contribution in [0, 0.1) is 0 Å². The monoisotopic (exact) mass is 523 g/mol. The Bertz CT molecular complexity index is 1300. The number of alkyl halides is 3. The van der Waals surface area contributed by atoms with Gasteiger partial charge in [0.2, 0.25) is 5.78 Å². The minimum atomic E-state index is -4.51. The van der Waals surface area contributed by atoms with Crippen molar-refractivity contribution < 1.29 is 36.9 Å². The maximum atomic E-state index is 13.5. The second kappa shape index (κ2) is 10.0. The number of halogens is 3. The van der Waals surface area contributed by atoms with Crippen LogP contribution in [0.15, 0.2) is 24.3 Å². The largest absolute Gasteiger partial charge is 0.494 e. The average molecular weight is 524 g/mol. The highest BCUT2D eigenvalue weighted by Crippen LogP contribution is 2.40. The molecule has 0 bridgehead atoms. The average Bonchev–Trinajstić information content (AvgIpc) is 3.15. The van der Waals surface area contributed by atoms with E-state index in [0.29, 0.717) is 43.3 Å². The summed E-state index contributed by atoms with van der Waals surface area (Å²) in [6, 6.07) is 6.35. The summed E-state index contributed by atoms with van der Waals surface area (Å²) >= 11 is 0. The number of ketones is 1. The first kappa shape index (κ1) is 26.5. The van der Waals surface area contributed by atoms with E-state index < -0.39 is 12.8 Å². The van der Waals surface area contributed by atoms with E-state index in [0.717, 1.165) is 15.8 Å². The van der Waals surface area contributed by atoms with Gasteiger partial charge < -0.3 is 24.8 Å². The Morgan fingerprint density at radius 2 is 1.89 bits per heavy atom. The minimum Gasteiger partial charge on any atom is -0.494 e. The van der Waals surface area contributed by atoms with E-state index in [1.807, 2.05) is 32.9 Å². The van der Waals surface area contributed by atoms with Gasteiger partial charge in [-0.25, -0.2) is 0 Å². The number of aromatic nitrogens is 4. The zero-order chi connectivity index (χ0) is 27.0. The summed E-state index contributed by atoms with van der Waals surface area (Å²) in [5.74, 6) is 0.114. The van der Waals surface area contributed by atoms with Crippen molar-refractivity contribution in [1.82, 2.24) is 14.7 Å². The summed E-state index contributed by atoms with van der Waals surface area (Å²) in [4.78, 5) is 15.6. The minimum absolute atomic E-state index is 0.0978. The van der Waals surface area contributed by atoms with Gasteiger partial charge in [0.05, 0.1) is 26.0 Å². The van der Waals surface area contributed by atoms with Gasteiger partial charge in [-0.05, 0) is 27.7 Å². The summed E-state index contributed by atoms with van der Waals surface area (Å²) in [5, 5.41) is 8.13. The Morgan fingerprint density at radius 3 is 2.51 bits per heavy atom. The standard InChI is InChI=1S/C24H30F3N6O4/c1-23(2,3)16-11-15(12-17(21(16)35-4)31-7-9-36-10-8-31)18(34)13-32-20-6-5-19(37-14-24(25,26)27)29-33(20)22(28)30-32/h5-6,11-12H,7-10,13-14H2,1-4H3,(H2,28,30)/q+1. The van der Waals surface area contributed by atoms with Crippen LogP contribution in [0.25, 0.3) is 5.65 Å². The van der Waals surface area contributed by atoms with Gasteiger partial charge >= 0.3 is 17.8 Å². The molecule has 0 saturated carbocycles. The van der Waals surface area contributed by atoms with Crippen molar-refractivity contribution in [3.8, 4) is 11.6 Å². The van der Waals surface area contributed by atoms with Crippen LogP contribution in [0.1, 0.15) is 36.7 Å². The third kappa shape index (κ3) is 5.87. The first-order valence-corrected chi connectivity index (χ1v) is 11.7. The molecule has 1 aliphatic rings. The molecule has 0 spiro atoms. The molecule has 0 amide bonds. The molecule has 1 saturated heterocycles. The molecule has 13 heteroatoms. The van der Waals surface area contributed by atoms with Crippen molar-refractivity contribution in [3.05, 3.63) is 35.4 Å². The number of anilines is 2. The number of fused-ring (bicyclic) bond motifs is 1. The van der Waals surface area contributed by atoms with Crippen LogP contribution in [0.5, 0.6) is 11.6 Å². The summed E-state index contributed by atoms with van der Waals surface area (Å²) in [5.41, 5.74) is 8.11. The van der Waals surface area contributed by atoms with Crippen LogP contribution in [-0.2, 0) is 16.7 Å². The van der Waals surface area contributed by atoms with Gasteiger partial charge in [0.25, 0.3) is 5.88 Å². The van der Waals surface area contributed by atoms with E-state index in [4.69, 9.17) is 15.2 Å². The fourth-order valence-corrected chi connectivity index (χ4v) is 4.14. The van der Waals surface area contributed by atoms with Crippen LogP contribution < -0.4 is 24.8 Å². The van der Waals surface area contributed by atoms with Crippen molar-refractivity contribution in [2.24, 2.45) is 0 Å². The molecule has 2 aromatic heterocycles.